The average molecular weight is 714 g/mol. The van der Waals surface area contributed by atoms with Crippen LogP contribution >= 0.6 is 0 Å². The summed E-state index contributed by atoms with van der Waals surface area (Å²) in [5.74, 6) is -5.42. The summed E-state index contributed by atoms with van der Waals surface area (Å²) in [5.41, 5.74) is -3.21. The molecule has 0 aliphatic rings. The standard InChI is InChI=1S/C6H5I3O16/c10-3(20-23-7(14)15)1-6(13,5(12)22-25-9(18)19)2-4(11)21-24-8(16)17/h13H,1-2H2. The summed E-state index contributed by atoms with van der Waals surface area (Å²) in [4.78, 5) is 45.0. The van der Waals surface area contributed by atoms with Gasteiger partial charge in [-0.25, -0.2) is 29.0 Å². The minimum atomic E-state index is -4.57. The second kappa shape index (κ2) is 12.6. The van der Waals surface area contributed by atoms with Crippen LogP contribution < -0.4 is 83.8 Å². The Morgan fingerprint density at radius 3 is 1.36 bits per heavy atom. The number of aliphatic hydroxyl groups is 1. The highest BCUT2D eigenvalue weighted by Crippen LogP contribution is 2.19. The van der Waals surface area contributed by atoms with Gasteiger partial charge < -0.3 is 25.7 Å². The van der Waals surface area contributed by atoms with E-state index in [1.165, 1.54) is 0 Å². The van der Waals surface area contributed by atoms with Crippen LogP contribution in [0, 0.1) is 0 Å². The molecule has 0 aromatic rings. The maximum atomic E-state index is 11.5. The fraction of sp³-hybridized carbons (Fsp3) is 0.500. The van der Waals surface area contributed by atoms with Crippen LogP contribution in [0.3, 0.4) is 0 Å². The van der Waals surface area contributed by atoms with Gasteiger partial charge >= 0.3 is 81.1 Å². The molecule has 0 aliphatic heterocycles. The second-order valence-corrected chi connectivity index (χ2v) is 7.74. The van der Waals surface area contributed by atoms with E-state index in [9.17, 15) is 40.1 Å². The van der Waals surface area contributed by atoms with Crippen molar-refractivity contribution in [2.75, 3.05) is 0 Å². The van der Waals surface area contributed by atoms with Gasteiger partial charge in [-0.05, 0) is 0 Å². The minimum absolute atomic E-state index is 1.50. The van der Waals surface area contributed by atoms with Gasteiger partial charge in [-0.3, -0.25) is 0 Å². The Morgan fingerprint density at radius 2 is 1.04 bits per heavy atom. The third kappa shape index (κ3) is 12.3. The van der Waals surface area contributed by atoms with E-state index < -0.39 is 99.5 Å². The first-order valence-corrected chi connectivity index (χ1v) is 12.9. The smallest absolute Gasteiger partial charge is 0.392 e. The van der Waals surface area contributed by atoms with Crippen molar-refractivity contribution < 1.29 is 128 Å². The molecule has 146 valence electrons. The zero-order chi connectivity index (χ0) is 19.6. The Hall–Kier alpha value is 0.200. The fourth-order valence-electron chi connectivity index (χ4n) is 0.997. The lowest BCUT2D eigenvalue weighted by molar-refractivity contribution is -1.64. The van der Waals surface area contributed by atoms with Crippen LogP contribution in [0.5, 0.6) is 0 Å². The number of rotatable bonds is 11. The summed E-state index contributed by atoms with van der Waals surface area (Å²) in [6.45, 7) is 0. The van der Waals surface area contributed by atoms with Crippen molar-refractivity contribution in [3.8, 4) is 0 Å². The molecule has 0 bridgehead atoms. The molecule has 0 spiro atoms. The van der Waals surface area contributed by atoms with Gasteiger partial charge in [0.25, 0.3) is 0 Å². The van der Waals surface area contributed by atoms with Crippen molar-refractivity contribution in [1.82, 2.24) is 0 Å². The Kier molecular flexibility index (Phi) is 12.7. The predicted molar refractivity (Wildman–Crippen MR) is 35.7 cm³/mol. The van der Waals surface area contributed by atoms with Gasteiger partial charge in [0.15, 0.2) is 5.60 Å². The first kappa shape index (κ1) is 25.2. The zero-order valence-electron chi connectivity index (χ0n) is 11.1. The van der Waals surface area contributed by atoms with Gasteiger partial charge in [0.05, 0.1) is 12.8 Å². The molecule has 1 N–H and O–H groups in total. The average Bonchev–Trinajstić information content (AvgIpc) is 2.48. The molecule has 0 atom stereocenters. The van der Waals surface area contributed by atoms with Gasteiger partial charge in [0.2, 0.25) is 9.65 Å². The fourth-order valence-corrected chi connectivity index (χ4v) is 2.00. The lowest BCUT2D eigenvalue weighted by Gasteiger charge is -2.19. The number of hydrogen-bond donors (Lipinski definition) is 1. The van der Waals surface area contributed by atoms with Gasteiger partial charge in [0, 0.05) is 0 Å². The highest BCUT2D eigenvalue weighted by molar-refractivity contribution is 5.89. The Balaban J connectivity index is 4.98. The van der Waals surface area contributed by atoms with Crippen molar-refractivity contribution >= 4 is 17.9 Å². The van der Waals surface area contributed by atoms with E-state index in [1.807, 2.05) is 0 Å². The third-order valence-corrected chi connectivity index (χ3v) is 3.18. The van der Waals surface area contributed by atoms with E-state index >= 15 is 0 Å². The monoisotopic (exact) mass is 714 g/mol. The van der Waals surface area contributed by atoms with E-state index in [0.717, 1.165) is 0 Å². The van der Waals surface area contributed by atoms with E-state index in [2.05, 4.69) is 24.3 Å². The highest BCUT2D eigenvalue weighted by atomic mass is 127. The van der Waals surface area contributed by atoms with E-state index in [0.29, 0.717) is 0 Å². The molecule has 19 heteroatoms. The molecule has 0 radical (unpaired) electrons. The molecule has 0 rings (SSSR count). The number of halogens is 3. The number of hydrogen-bond acceptors (Lipinski definition) is 16. The number of carbonyl (C=O) groups excluding carboxylic acids is 3. The molecule has 0 fully saturated rings. The van der Waals surface area contributed by atoms with Crippen LogP contribution in [-0.2, 0) is 38.7 Å². The summed E-state index contributed by atoms with van der Waals surface area (Å²) in [7, 11) is 0. The molecule has 0 saturated carbocycles. The number of carbonyl (C=O) groups is 3. The normalized spacial score (nSPS) is 11.8. The first-order valence-electron chi connectivity index (χ1n) is 5.00. The Bertz CT molecular complexity index is 425. The maximum absolute atomic E-state index is 11.5. The van der Waals surface area contributed by atoms with Crippen molar-refractivity contribution in [2.24, 2.45) is 0 Å². The zero-order valence-corrected chi connectivity index (χ0v) is 17.6. The molecule has 0 aromatic heterocycles. The van der Waals surface area contributed by atoms with Crippen molar-refractivity contribution in [1.29, 1.82) is 0 Å². The van der Waals surface area contributed by atoms with Crippen LogP contribution in [0.2, 0.25) is 0 Å². The molecular formula is C6H5I3O16. The molecular weight excluding hydrogens is 709 g/mol. The molecule has 16 nitrogen and oxygen atoms in total. The van der Waals surface area contributed by atoms with Crippen molar-refractivity contribution in [2.45, 2.75) is 18.4 Å². The highest BCUT2D eigenvalue weighted by Gasteiger charge is 2.47. The first-order chi connectivity index (χ1) is 11.5. The van der Waals surface area contributed by atoms with E-state index in [4.69, 9.17) is 0 Å². The summed E-state index contributed by atoms with van der Waals surface area (Å²) in [6.07, 6.45) is -3.01. The lowest BCUT2D eigenvalue weighted by atomic mass is 9.96. The van der Waals surface area contributed by atoms with Crippen LogP contribution in [0.25, 0.3) is 0 Å². The topological polar surface area (TPSA) is 265 Å². The molecule has 0 aromatic carbocycles. The van der Waals surface area contributed by atoms with Crippen molar-refractivity contribution in [3.05, 3.63) is 0 Å². The van der Waals surface area contributed by atoms with Crippen molar-refractivity contribution in [3.63, 3.8) is 0 Å². The van der Waals surface area contributed by atoms with Crippen LogP contribution in [0.4, 0.5) is 0 Å². The van der Waals surface area contributed by atoms with Crippen LogP contribution in [-0.4, -0.2) is 28.6 Å². The largest absolute Gasteiger partial charge is 0.566 e. The van der Waals surface area contributed by atoms with Gasteiger partial charge in [-0.1, -0.05) is 0 Å². The van der Waals surface area contributed by atoms with Gasteiger partial charge in [-0.15, -0.1) is 0 Å². The third-order valence-electron chi connectivity index (χ3n) is 1.76. The summed E-state index contributed by atoms with van der Waals surface area (Å²) < 4.78 is 71.6. The van der Waals surface area contributed by atoms with Crippen LogP contribution in [0.15, 0.2) is 0 Å². The second-order valence-electron chi connectivity index (χ2n) is 3.42. The quantitative estimate of drug-likeness (QED) is 0.118. The Morgan fingerprint density at radius 1 is 0.720 bits per heavy atom. The maximum Gasteiger partial charge on any atom is 0.566 e. The summed E-state index contributed by atoms with van der Waals surface area (Å²) in [5, 5.41) is 9.92. The Labute approximate surface area is 163 Å². The lowest BCUT2D eigenvalue weighted by Crippen LogP contribution is -3.99. The summed E-state index contributed by atoms with van der Waals surface area (Å²) in [6, 6.07) is 0. The molecule has 0 amide bonds. The van der Waals surface area contributed by atoms with Gasteiger partial charge in [-0.2, -0.15) is 0 Å². The van der Waals surface area contributed by atoms with Gasteiger partial charge in [0.1, 0.15) is 0 Å². The minimum Gasteiger partial charge on any atom is -0.392 e. The molecule has 0 aliphatic carbocycles. The van der Waals surface area contributed by atoms with E-state index in [-0.39, 0.29) is 0 Å². The molecule has 25 heavy (non-hydrogen) atoms. The summed E-state index contributed by atoms with van der Waals surface area (Å²) >= 11 is -13.5. The van der Waals surface area contributed by atoms with Crippen LogP contribution in [0.1, 0.15) is 12.8 Å². The molecule has 0 saturated heterocycles. The predicted octanol–water partition coefficient (Wildman–Crippen LogP) is -17.8. The SMILES string of the molecule is O=C(CC(O)(CC(=O)OO[I+2]([O-])[O-])C(=O)OO[I+2]([O-])[O-])OO[I+2]([O-])[O-]. The molecule has 0 heterocycles. The molecule has 0 unspecified atom stereocenters. The van der Waals surface area contributed by atoms with E-state index in [1.54, 1.807) is 0 Å².